The van der Waals surface area contributed by atoms with Gasteiger partial charge in [-0.25, -0.2) is 0 Å². The van der Waals surface area contributed by atoms with Gasteiger partial charge in [0.1, 0.15) is 5.75 Å². The summed E-state index contributed by atoms with van der Waals surface area (Å²) in [5, 5.41) is 0. The lowest BCUT2D eigenvalue weighted by atomic mass is 10.1. The molecule has 0 atom stereocenters. The minimum Gasteiger partial charge on any atom is -0.496 e. The van der Waals surface area contributed by atoms with Crippen LogP contribution in [0.4, 0.5) is 13.2 Å². The zero-order valence-electron chi connectivity index (χ0n) is 8.41. The molecular formula is C11H9F3O2. The molecule has 1 aromatic carbocycles. The van der Waals surface area contributed by atoms with E-state index in [0.717, 1.165) is 0 Å². The van der Waals surface area contributed by atoms with Crippen LogP contribution in [0.15, 0.2) is 36.4 Å². The highest BCUT2D eigenvalue weighted by Gasteiger charge is 2.23. The molecule has 16 heavy (non-hydrogen) atoms. The van der Waals surface area contributed by atoms with Crippen LogP contribution in [0.5, 0.6) is 5.75 Å². The molecule has 0 saturated heterocycles. The highest BCUT2D eigenvalue weighted by atomic mass is 19.4. The molecule has 0 aliphatic rings. The van der Waals surface area contributed by atoms with E-state index in [1.54, 1.807) is 12.1 Å². The molecule has 0 aliphatic carbocycles. The lowest BCUT2D eigenvalue weighted by molar-refractivity contribution is -0.0799. The van der Waals surface area contributed by atoms with Gasteiger partial charge in [0, 0.05) is 6.08 Å². The van der Waals surface area contributed by atoms with Gasteiger partial charge in [-0.05, 0) is 18.2 Å². The number of para-hydroxylation sites is 1. The van der Waals surface area contributed by atoms with E-state index in [2.05, 4.69) is 0 Å². The fraction of sp³-hybridized carbons (Fsp3) is 0.182. The van der Waals surface area contributed by atoms with Gasteiger partial charge >= 0.3 is 6.18 Å². The lowest BCUT2D eigenvalue weighted by Crippen LogP contribution is -2.04. The Hall–Kier alpha value is -1.78. The largest absolute Gasteiger partial charge is 0.496 e. The molecule has 0 spiro atoms. The molecule has 0 aliphatic heterocycles. The molecule has 5 heteroatoms. The lowest BCUT2D eigenvalue weighted by Gasteiger charge is -2.04. The normalized spacial score (nSPS) is 11.8. The van der Waals surface area contributed by atoms with Gasteiger partial charge in [-0.3, -0.25) is 4.79 Å². The first-order chi connectivity index (χ1) is 7.44. The Morgan fingerprint density at radius 3 is 2.50 bits per heavy atom. The topological polar surface area (TPSA) is 26.3 Å². The number of rotatable bonds is 3. The highest BCUT2D eigenvalue weighted by Crippen LogP contribution is 2.20. The van der Waals surface area contributed by atoms with Crippen molar-refractivity contribution >= 4 is 5.78 Å². The van der Waals surface area contributed by atoms with Crippen molar-refractivity contribution in [3.05, 3.63) is 42.0 Å². The minimum atomic E-state index is -4.49. The van der Waals surface area contributed by atoms with E-state index in [9.17, 15) is 18.0 Å². The van der Waals surface area contributed by atoms with Crippen LogP contribution in [0.1, 0.15) is 10.4 Å². The van der Waals surface area contributed by atoms with Crippen LogP contribution in [0.3, 0.4) is 0 Å². The Morgan fingerprint density at radius 2 is 1.94 bits per heavy atom. The number of benzene rings is 1. The maximum absolute atomic E-state index is 11.8. The average Bonchev–Trinajstić information content (AvgIpc) is 2.25. The van der Waals surface area contributed by atoms with Crippen LogP contribution in [-0.4, -0.2) is 19.1 Å². The number of carbonyl (C=O) groups is 1. The summed E-state index contributed by atoms with van der Waals surface area (Å²) in [6, 6.07) is 6.09. The molecule has 0 radical (unpaired) electrons. The summed E-state index contributed by atoms with van der Waals surface area (Å²) in [4.78, 5) is 11.4. The molecule has 1 aromatic rings. The second kappa shape index (κ2) is 4.83. The van der Waals surface area contributed by atoms with Crippen molar-refractivity contribution in [1.29, 1.82) is 0 Å². The van der Waals surface area contributed by atoms with Gasteiger partial charge in [0.25, 0.3) is 0 Å². The van der Waals surface area contributed by atoms with Gasteiger partial charge in [-0.2, -0.15) is 13.2 Å². The van der Waals surface area contributed by atoms with Gasteiger partial charge in [-0.1, -0.05) is 12.1 Å². The Balaban J connectivity index is 2.93. The summed E-state index contributed by atoms with van der Waals surface area (Å²) in [6.07, 6.45) is -4.10. The van der Waals surface area contributed by atoms with E-state index < -0.39 is 12.0 Å². The van der Waals surface area contributed by atoms with Crippen molar-refractivity contribution in [1.82, 2.24) is 0 Å². The number of allylic oxidation sites excluding steroid dienone is 2. The van der Waals surface area contributed by atoms with Gasteiger partial charge in [-0.15, -0.1) is 0 Å². The van der Waals surface area contributed by atoms with Crippen LogP contribution in [-0.2, 0) is 0 Å². The Labute approximate surface area is 90.3 Å². The molecule has 0 unspecified atom stereocenters. The van der Waals surface area contributed by atoms with Crippen LogP contribution in [0.25, 0.3) is 0 Å². The molecule has 0 N–H and O–H groups in total. The quantitative estimate of drug-likeness (QED) is 0.589. The summed E-state index contributed by atoms with van der Waals surface area (Å²) in [6.45, 7) is 0. The van der Waals surface area contributed by atoms with Crippen molar-refractivity contribution in [2.24, 2.45) is 0 Å². The number of hydrogen-bond acceptors (Lipinski definition) is 2. The van der Waals surface area contributed by atoms with Crippen molar-refractivity contribution in [3.63, 3.8) is 0 Å². The molecular weight excluding hydrogens is 221 g/mol. The molecule has 0 bridgehead atoms. The maximum atomic E-state index is 11.8. The minimum absolute atomic E-state index is 0.0955. The van der Waals surface area contributed by atoms with Crippen molar-refractivity contribution in [3.8, 4) is 5.75 Å². The summed E-state index contributed by atoms with van der Waals surface area (Å²) in [7, 11) is 1.35. The van der Waals surface area contributed by atoms with Crippen LogP contribution >= 0.6 is 0 Å². The third-order valence-corrected chi connectivity index (χ3v) is 1.80. The standard InChI is InChI=1S/C11H9F3O2/c1-16-10-5-3-2-4-8(10)9(15)6-7-11(12,13)14/h2-7H,1H3. The van der Waals surface area contributed by atoms with Crippen LogP contribution in [0, 0.1) is 0 Å². The zero-order valence-corrected chi connectivity index (χ0v) is 8.41. The maximum Gasteiger partial charge on any atom is 0.409 e. The number of ether oxygens (including phenoxy) is 1. The van der Waals surface area contributed by atoms with Crippen molar-refractivity contribution in [2.45, 2.75) is 6.18 Å². The molecule has 86 valence electrons. The number of alkyl halides is 3. The molecule has 1 rings (SSSR count). The van der Waals surface area contributed by atoms with Gasteiger partial charge in [0.15, 0.2) is 5.78 Å². The zero-order chi connectivity index (χ0) is 12.2. The molecule has 0 heterocycles. The molecule has 2 nitrogen and oxygen atoms in total. The monoisotopic (exact) mass is 230 g/mol. The molecule has 0 saturated carbocycles. The number of methoxy groups -OCH3 is 1. The first kappa shape index (κ1) is 12.3. The summed E-state index contributed by atoms with van der Waals surface area (Å²) in [5.41, 5.74) is 0.102. The fourth-order valence-electron chi connectivity index (χ4n) is 1.11. The number of carbonyl (C=O) groups excluding carboxylic acids is 1. The Morgan fingerprint density at radius 1 is 1.31 bits per heavy atom. The predicted molar refractivity (Wildman–Crippen MR) is 52.5 cm³/mol. The van der Waals surface area contributed by atoms with Gasteiger partial charge in [0.2, 0.25) is 0 Å². The predicted octanol–water partition coefficient (Wildman–Crippen LogP) is 3.00. The number of ketones is 1. The molecule has 0 aromatic heterocycles. The third-order valence-electron chi connectivity index (χ3n) is 1.80. The van der Waals surface area contributed by atoms with E-state index in [1.165, 1.54) is 19.2 Å². The van der Waals surface area contributed by atoms with Gasteiger partial charge in [0.05, 0.1) is 12.7 Å². The highest BCUT2D eigenvalue weighted by molar-refractivity contribution is 6.06. The summed E-state index contributed by atoms with van der Waals surface area (Å²) in [5.74, 6) is -0.492. The van der Waals surface area contributed by atoms with E-state index >= 15 is 0 Å². The van der Waals surface area contributed by atoms with E-state index in [4.69, 9.17) is 4.74 Å². The van der Waals surface area contributed by atoms with E-state index in [-0.39, 0.29) is 17.4 Å². The van der Waals surface area contributed by atoms with E-state index in [0.29, 0.717) is 6.08 Å². The first-order valence-corrected chi connectivity index (χ1v) is 4.37. The summed E-state index contributed by atoms with van der Waals surface area (Å²) < 4.78 is 40.4. The second-order valence-electron chi connectivity index (χ2n) is 2.94. The second-order valence-corrected chi connectivity index (χ2v) is 2.94. The Bertz CT molecular complexity index is 408. The summed E-state index contributed by atoms with van der Waals surface area (Å²) >= 11 is 0. The van der Waals surface area contributed by atoms with Crippen LogP contribution < -0.4 is 4.74 Å². The fourth-order valence-corrected chi connectivity index (χ4v) is 1.11. The Kier molecular flexibility index (Phi) is 3.71. The average molecular weight is 230 g/mol. The van der Waals surface area contributed by atoms with Crippen molar-refractivity contribution in [2.75, 3.05) is 7.11 Å². The smallest absolute Gasteiger partial charge is 0.409 e. The number of halogens is 3. The van der Waals surface area contributed by atoms with Crippen molar-refractivity contribution < 1.29 is 22.7 Å². The molecule has 0 fully saturated rings. The van der Waals surface area contributed by atoms with Gasteiger partial charge < -0.3 is 4.74 Å². The van der Waals surface area contributed by atoms with E-state index in [1.807, 2.05) is 0 Å². The molecule has 0 amide bonds. The SMILES string of the molecule is COc1ccccc1C(=O)C=CC(F)(F)F. The number of hydrogen-bond donors (Lipinski definition) is 0. The van der Waals surface area contributed by atoms with Crippen LogP contribution in [0.2, 0.25) is 0 Å². The third kappa shape index (κ3) is 3.42. The first-order valence-electron chi connectivity index (χ1n) is 4.37.